The van der Waals surface area contributed by atoms with Gasteiger partial charge in [0.25, 0.3) is 0 Å². The minimum atomic E-state index is 0.952. The molecule has 0 aliphatic heterocycles. The summed E-state index contributed by atoms with van der Waals surface area (Å²) in [5.74, 6) is 0. The van der Waals surface area contributed by atoms with E-state index in [0.29, 0.717) is 0 Å². The van der Waals surface area contributed by atoms with Gasteiger partial charge in [-0.2, -0.15) is 0 Å². The molecule has 0 saturated heterocycles. The standard InChI is InChI=1S/C34H22N2/c1-3-23-10-11-25-14-17-28(29-18-15-24(4-1)31(23)32(25)29)21-6-8-22(9-7-21)30-19-16-27-13-12-26-5-2-20-35-33(26)34(27)36-30/h1-2,4-10,12-20H,3,11H2. The van der Waals surface area contributed by atoms with Gasteiger partial charge in [0, 0.05) is 22.5 Å². The van der Waals surface area contributed by atoms with Gasteiger partial charge in [-0.15, -0.1) is 0 Å². The molecule has 2 heterocycles. The summed E-state index contributed by atoms with van der Waals surface area (Å²) in [6, 6.07) is 30.6. The fourth-order valence-electron chi connectivity index (χ4n) is 5.98. The van der Waals surface area contributed by atoms with Crippen LogP contribution in [-0.4, -0.2) is 9.97 Å². The molecule has 0 spiro atoms. The fraction of sp³-hybridized carbons (Fsp3) is 0.0588. The first-order valence-corrected chi connectivity index (χ1v) is 12.5. The van der Waals surface area contributed by atoms with Gasteiger partial charge < -0.3 is 0 Å². The van der Waals surface area contributed by atoms with Crippen molar-refractivity contribution in [3.05, 3.63) is 120 Å². The van der Waals surface area contributed by atoms with Crippen molar-refractivity contribution in [3.63, 3.8) is 0 Å². The van der Waals surface area contributed by atoms with Crippen LogP contribution in [0.3, 0.4) is 0 Å². The van der Waals surface area contributed by atoms with E-state index in [2.05, 4.69) is 102 Å². The quantitative estimate of drug-likeness (QED) is 0.243. The first-order chi connectivity index (χ1) is 17.8. The van der Waals surface area contributed by atoms with Crippen LogP contribution in [0.2, 0.25) is 0 Å². The first-order valence-electron chi connectivity index (χ1n) is 12.5. The van der Waals surface area contributed by atoms with Crippen LogP contribution < -0.4 is 0 Å². The van der Waals surface area contributed by atoms with Gasteiger partial charge in [-0.25, -0.2) is 4.98 Å². The van der Waals surface area contributed by atoms with Crippen LogP contribution in [0.25, 0.3) is 66.6 Å². The van der Waals surface area contributed by atoms with E-state index < -0.39 is 0 Å². The van der Waals surface area contributed by atoms with E-state index in [1.807, 2.05) is 12.3 Å². The zero-order valence-electron chi connectivity index (χ0n) is 19.7. The van der Waals surface area contributed by atoms with Gasteiger partial charge in [-0.3, -0.25) is 4.98 Å². The summed E-state index contributed by atoms with van der Waals surface area (Å²) in [5, 5.41) is 5.01. The Balaban J connectivity index is 1.25. The average molecular weight is 459 g/mol. The second-order valence-electron chi connectivity index (χ2n) is 9.75. The lowest BCUT2D eigenvalue weighted by molar-refractivity contribution is 1.23. The Morgan fingerprint density at radius 3 is 2.42 bits per heavy atom. The van der Waals surface area contributed by atoms with Crippen molar-refractivity contribution in [2.45, 2.75) is 12.8 Å². The Kier molecular flexibility index (Phi) is 4.09. The molecule has 2 aromatic heterocycles. The summed E-state index contributed by atoms with van der Waals surface area (Å²) < 4.78 is 0. The highest BCUT2D eigenvalue weighted by Crippen LogP contribution is 2.43. The average Bonchev–Trinajstić information content (AvgIpc) is 2.95. The molecule has 2 heteroatoms. The SMILES string of the molecule is C1=Cc2ccc3c(-c4ccc(-c5ccc6ccc7cccnc7c6n5)cc4)ccc4c3c2C(=CC4)C1. The summed E-state index contributed by atoms with van der Waals surface area (Å²) in [6.07, 6.45) is 10.9. The predicted molar refractivity (Wildman–Crippen MR) is 151 cm³/mol. The van der Waals surface area contributed by atoms with E-state index in [-0.39, 0.29) is 0 Å². The zero-order valence-corrected chi connectivity index (χ0v) is 19.7. The molecule has 0 atom stereocenters. The normalized spacial score (nSPS) is 13.9. The van der Waals surface area contributed by atoms with Gasteiger partial charge in [-0.05, 0) is 69.1 Å². The highest BCUT2D eigenvalue weighted by atomic mass is 14.7. The summed E-state index contributed by atoms with van der Waals surface area (Å²) in [7, 11) is 0. The third kappa shape index (κ3) is 2.85. The van der Waals surface area contributed by atoms with Crippen LogP contribution in [0.1, 0.15) is 23.1 Å². The van der Waals surface area contributed by atoms with E-state index in [4.69, 9.17) is 4.98 Å². The molecule has 6 aromatic rings. The van der Waals surface area contributed by atoms with E-state index in [0.717, 1.165) is 45.9 Å². The minimum Gasteiger partial charge on any atom is -0.254 e. The van der Waals surface area contributed by atoms with Crippen LogP contribution in [0.5, 0.6) is 0 Å². The molecule has 2 aliphatic carbocycles. The minimum absolute atomic E-state index is 0.952. The summed E-state index contributed by atoms with van der Waals surface area (Å²) >= 11 is 0. The van der Waals surface area contributed by atoms with Gasteiger partial charge in [0.15, 0.2) is 0 Å². The Morgan fingerprint density at radius 2 is 1.50 bits per heavy atom. The highest BCUT2D eigenvalue weighted by Gasteiger charge is 2.21. The molecule has 0 amide bonds. The summed E-state index contributed by atoms with van der Waals surface area (Å²) in [5.41, 5.74) is 12.2. The fourth-order valence-corrected chi connectivity index (χ4v) is 5.98. The van der Waals surface area contributed by atoms with Crippen LogP contribution in [0.4, 0.5) is 0 Å². The summed E-state index contributed by atoms with van der Waals surface area (Å²) in [4.78, 5) is 9.63. The molecule has 8 rings (SSSR count). The molecular formula is C34H22N2. The van der Waals surface area contributed by atoms with Crippen LogP contribution in [0, 0.1) is 0 Å². The molecule has 36 heavy (non-hydrogen) atoms. The number of nitrogens with zero attached hydrogens (tertiary/aromatic N) is 2. The van der Waals surface area contributed by atoms with E-state index in [9.17, 15) is 0 Å². The van der Waals surface area contributed by atoms with Crippen molar-refractivity contribution in [2.24, 2.45) is 0 Å². The number of aromatic nitrogens is 2. The van der Waals surface area contributed by atoms with Crippen molar-refractivity contribution in [3.8, 4) is 22.4 Å². The van der Waals surface area contributed by atoms with E-state index in [1.54, 1.807) is 0 Å². The molecule has 0 saturated carbocycles. The molecular weight excluding hydrogens is 436 g/mol. The predicted octanol–water partition coefficient (Wildman–Crippen LogP) is 8.63. The lowest BCUT2D eigenvalue weighted by atomic mass is 9.80. The summed E-state index contributed by atoms with van der Waals surface area (Å²) in [6.45, 7) is 0. The van der Waals surface area contributed by atoms with Crippen LogP contribution in [-0.2, 0) is 6.42 Å². The Labute approximate surface area is 209 Å². The number of hydrogen-bond donors (Lipinski definition) is 0. The monoisotopic (exact) mass is 458 g/mol. The molecule has 0 N–H and O–H groups in total. The zero-order chi connectivity index (χ0) is 23.6. The molecule has 0 bridgehead atoms. The molecule has 2 aliphatic rings. The largest absolute Gasteiger partial charge is 0.254 e. The Hall–Kier alpha value is -4.56. The van der Waals surface area contributed by atoms with E-state index in [1.165, 1.54) is 44.2 Å². The van der Waals surface area contributed by atoms with E-state index >= 15 is 0 Å². The lowest BCUT2D eigenvalue weighted by Gasteiger charge is -2.24. The number of allylic oxidation sites excluding steroid dienone is 3. The van der Waals surface area contributed by atoms with Crippen LogP contribution in [0.15, 0.2) is 103 Å². The maximum absolute atomic E-state index is 5.03. The van der Waals surface area contributed by atoms with Crippen molar-refractivity contribution in [1.29, 1.82) is 0 Å². The number of hydrogen-bond acceptors (Lipinski definition) is 2. The maximum atomic E-state index is 5.03. The van der Waals surface area contributed by atoms with Crippen molar-refractivity contribution in [2.75, 3.05) is 0 Å². The van der Waals surface area contributed by atoms with Crippen molar-refractivity contribution < 1.29 is 0 Å². The lowest BCUT2D eigenvalue weighted by Crippen LogP contribution is -2.03. The van der Waals surface area contributed by atoms with Gasteiger partial charge in [-0.1, -0.05) is 91.0 Å². The van der Waals surface area contributed by atoms with Crippen LogP contribution >= 0.6 is 0 Å². The number of benzene rings is 4. The molecule has 0 unspecified atom stereocenters. The maximum Gasteiger partial charge on any atom is 0.0972 e. The second kappa shape index (κ2) is 7.47. The Morgan fingerprint density at radius 1 is 0.667 bits per heavy atom. The number of pyridine rings is 2. The highest BCUT2D eigenvalue weighted by molar-refractivity contribution is 6.08. The molecule has 0 radical (unpaired) electrons. The Bertz CT molecular complexity index is 1920. The van der Waals surface area contributed by atoms with Crippen molar-refractivity contribution >= 4 is 44.2 Å². The molecule has 2 nitrogen and oxygen atoms in total. The third-order valence-electron chi connectivity index (χ3n) is 7.75. The van der Waals surface area contributed by atoms with Gasteiger partial charge in [0.05, 0.1) is 16.7 Å². The van der Waals surface area contributed by atoms with Gasteiger partial charge >= 0.3 is 0 Å². The molecule has 4 aromatic carbocycles. The number of fused-ring (bicyclic) bond motifs is 3. The first kappa shape index (κ1) is 19.7. The third-order valence-corrected chi connectivity index (χ3v) is 7.75. The second-order valence-corrected chi connectivity index (χ2v) is 9.75. The molecule has 0 fully saturated rings. The van der Waals surface area contributed by atoms with Gasteiger partial charge in [0.1, 0.15) is 0 Å². The molecule has 168 valence electrons. The van der Waals surface area contributed by atoms with Crippen molar-refractivity contribution in [1.82, 2.24) is 9.97 Å². The smallest absolute Gasteiger partial charge is 0.0972 e. The van der Waals surface area contributed by atoms with Gasteiger partial charge in [0.2, 0.25) is 0 Å². The topological polar surface area (TPSA) is 25.8 Å². The number of rotatable bonds is 2.